The van der Waals surface area contributed by atoms with Crippen molar-refractivity contribution >= 4 is 18.4 Å². The summed E-state index contributed by atoms with van der Waals surface area (Å²) in [6.07, 6.45) is -0.00116. The van der Waals surface area contributed by atoms with Crippen molar-refractivity contribution in [3.8, 4) is 0 Å². The Morgan fingerprint density at radius 1 is 1.75 bits per heavy atom. The number of hydrogen-bond donors (Lipinski definition) is 2. The standard InChI is InChI=1S/C7H13NO3.ClH/c1-7(6(10)11-2)3-5(9)4-8-7;/h5,8-9H,3-4H2,1-2H3;1H. The highest BCUT2D eigenvalue weighted by Gasteiger charge is 2.41. The molecule has 2 unspecified atom stereocenters. The summed E-state index contributed by atoms with van der Waals surface area (Å²) >= 11 is 0. The molecule has 0 radical (unpaired) electrons. The molecular formula is C7H14ClNO3. The molecule has 0 aromatic carbocycles. The molecule has 2 atom stereocenters. The van der Waals surface area contributed by atoms with Gasteiger partial charge in [-0.1, -0.05) is 0 Å². The summed E-state index contributed by atoms with van der Waals surface area (Å²) in [6, 6.07) is 0. The minimum atomic E-state index is -0.686. The molecule has 0 spiro atoms. The van der Waals surface area contributed by atoms with Crippen LogP contribution in [0.3, 0.4) is 0 Å². The normalized spacial score (nSPS) is 34.1. The van der Waals surface area contributed by atoms with E-state index < -0.39 is 11.6 Å². The maximum absolute atomic E-state index is 11.1. The fourth-order valence-electron chi connectivity index (χ4n) is 1.34. The van der Waals surface area contributed by atoms with Crippen LogP contribution in [0.1, 0.15) is 13.3 Å². The fraction of sp³-hybridized carbons (Fsp3) is 0.857. The minimum absolute atomic E-state index is 0. The Morgan fingerprint density at radius 3 is 2.67 bits per heavy atom. The lowest BCUT2D eigenvalue weighted by molar-refractivity contribution is -0.147. The van der Waals surface area contributed by atoms with Crippen molar-refractivity contribution in [1.29, 1.82) is 0 Å². The van der Waals surface area contributed by atoms with Crippen LogP contribution in [0.4, 0.5) is 0 Å². The van der Waals surface area contributed by atoms with E-state index in [0.717, 1.165) is 0 Å². The number of carbonyl (C=O) groups is 1. The molecule has 0 bridgehead atoms. The first-order valence-electron chi connectivity index (χ1n) is 3.60. The first kappa shape index (κ1) is 11.7. The van der Waals surface area contributed by atoms with Crippen molar-refractivity contribution < 1.29 is 14.6 Å². The van der Waals surface area contributed by atoms with Gasteiger partial charge in [-0.15, -0.1) is 12.4 Å². The molecule has 1 rings (SSSR count). The van der Waals surface area contributed by atoms with Gasteiger partial charge < -0.3 is 9.84 Å². The minimum Gasteiger partial charge on any atom is -0.468 e. The Labute approximate surface area is 77.7 Å². The van der Waals surface area contributed by atoms with Gasteiger partial charge in [0.2, 0.25) is 0 Å². The molecule has 0 saturated carbocycles. The van der Waals surface area contributed by atoms with E-state index >= 15 is 0 Å². The highest BCUT2D eigenvalue weighted by Crippen LogP contribution is 2.19. The zero-order valence-electron chi connectivity index (χ0n) is 7.16. The number of halogens is 1. The number of rotatable bonds is 1. The van der Waals surface area contributed by atoms with Gasteiger partial charge in [-0.25, -0.2) is 0 Å². The molecule has 1 fully saturated rings. The molecule has 0 aliphatic carbocycles. The van der Waals surface area contributed by atoms with Gasteiger partial charge in [0.05, 0.1) is 13.2 Å². The molecule has 0 aromatic rings. The maximum Gasteiger partial charge on any atom is 0.325 e. The van der Waals surface area contributed by atoms with E-state index in [1.165, 1.54) is 7.11 Å². The monoisotopic (exact) mass is 195 g/mol. The number of methoxy groups -OCH3 is 1. The van der Waals surface area contributed by atoms with Gasteiger partial charge in [0.25, 0.3) is 0 Å². The molecule has 1 saturated heterocycles. The van der Waals surface area contributed by atoms with Gasteiger partial charge in [0.15, 0.2) is 0 Å². The van der Waals surface area contributed by atoms with Crippen molar-refractivity contribution in [2.24, 2.45) is 0 Å². The van der Waals surface area contributed by atoms with E-state index in [1.807, 2.05) is 0 Å². The van der Waals surface area contributed by atoms with E-state index in [9.17, 15) is 4.79 Å². The van der Waals surface area contributed by atoms with Crippen LogP contribution in [-0.4, -0.2) is 36.4 Å². The van der Waals surface area contributed by atoms with Crippen LogP contribution in [0.15, 0.2) is 0 Å². The lowest BCUT2D eigenvalue weighted by atomic mass is 10.00. The molecule has 72 valence electrons. The first-order valence-corrected chi connectivity index (χ1v) is 3.60. The molecule has 12 heavy (non-hydrogen) atoms. The predicted octanol–water partition coefficient (Wildman–Crippen LogP) is -0.306. The zero-order chi connectivity index (χ0) is 8.48. The van der Waals surface area contributed by atoms with Gasteiger partial charge in [-0.05, 0) is 6.92 Å². The van der Waals surface area contributed by atoms with Crippen molar-refractivity contribution in [3.05, 3.63) is 0 Å². The molecule has 1 aliphatic heterocycles. The third kappa shape index (κ3) is 2.09. The smallest absolute Gasteiger partial charge is 0.325 e. The van der Waals surface area contributed by atoms with Crippen molar-refractivity contribution in [1.82, 2.24) is 5.32 Å². The topological polar surface area (TPSA) is 58.6 Å². The largest absolute Gasteiger partial charge is 0.468 e. The highest BCUT2D eigenvalue weighted by atomic mass is 35.5. The highest BCUT2D eigenvalue weighted by molar-refractivity contribution is 5.85. The summed E-state index contributed by atoms with van der Waals surface area (Å²) in [5.74, 6) is -0.311. The predicted molar refractivity (Wildman–Crippen MR) is 46.3 cm³/mol. The number of β-amino-alcohol motifs (C(OH)–C–C–N with tert-alkyl or cyclic N) is 1. The summed E-state index contributed by atoms with van der Waals surface area (Å²) in [7, 11) is 1.35. The van der Waals surface area contributed by atoms with Crippen LogP contribution in [0.2, 0.25) is 0 Å². The Kier molecular flexibility index (Phi) is 3.96. The Morgan fingerprint density at radius 2 is 2.33 bits per heavy atom. The van der Waals surface area contributed by atoms with Gasteiger partial charge in [0, 0.05) is 13.0 Å². The summed E-state index contributed by atoms with van der Waals surface area (Å²) in [4.78, 5) is 11.1. The summed E-state index contributed by atoms with van der Waals surface area (Å²) in [5, 5.41) is 12.0. The van der Waals surface area contributed by atoms with Gasteiger partial charge in [0.1, 0.15) is 5.54 Å². The van der Waals surface area contributed by atoms with E-state index in [1.54, 1.807) is 6.92 Å². The van der Waals surface area contributed by atoms with Gasteiger partial charge in [-0.2, -0.15) is 0 Å². The van der Waals surface area contributed by atoms with Gasteiger partial charge in [-0.3, -0.25) is 10.1 Å². The SMILES string of the molecule is COC(=O)C1(C)CC(O)CN1.Cl. The van der Waals surface area contributed by atoms with Crippen molar-refractivity contribution in [3.63, 3.8) is 0 Å². The summed E-state index contributed by atoms with van der Waals surface area (Å²) in [6.45, 7) is 2.20. The van der Waals surface area contributed by atoms with Crippen molar-refractivity contribution in [2.45, 2.75) is 25.0 Å². The zero-order valence-corrected chi connectivity index (χ0v) is 7.98. The number of hydrogen-bond acceptors (Lipinski definition) is 4. The molecule has 5 heteroatoms. The van der Waals surface area contributed by atoms with E-state index in [4.69, 9.17) is 5.11 Å². The molecule has 0 amide bonds. The van der Waals surface area contributed by atoms with E-state index in [2.05, 4.69) is 10.1 Å². The molecular weight excluding hydrogens is 182 g/mol. The quantitative estimate of drug-likeness (QED) is 0.564. The second-order valence-corrected chi connectivity index (χ2v) is 3.06. The summed E-state index contributed by atoms with van der Waals surface area (Å²) in [5.41, 5.74) is -0.686. The van der Waals surface area contributed by atoms with Crippen LogP contribution < -0.4 is 5.32 Å². The van der Waals surface area contributed by atoms with Gasteiger partial charge >= 0.3 is 5.97 Å². The number of ether oxygens (including phenoxy) is 1. The lowest BCUT2D eigenvalue weighted by Crippen LogP contribution is -2.45. The average molecular weight is 196 g/mol. The van der Waals surface area contributed by atoms with Crippen LogP contribution in [0.5, 0.6) is 0 Å². The first-order chi connectivity index (χ1) is 5.08. The van der Waals surface area contributed by atoms with Crippen LogP contribution in [0.25, 0.3) is 0 Å². The third-order valence-corrected chi connectivity index (χ3v) is 2.01. The molecule has 2 N–H and O–H groups in total. The van der Waals surface area contributed by atoms with E-state index in [0.29, 0.717) is 13.0 Å². The van der Waals surface area contributed by atoms with Crippen LogP contribution in [-0.2, 0) is 9.53 Å². The van der Waals surface area contributed by atoms with Crippen molar-refractivity contribution in [2.75, 3.05) is 13.7 Å². The third-order valence-electron chi connectivity index (χ3n) is 2.01. The maximum atomic E-state index is 11.1. The lowest BCUT2D eigenvalue weighted by Gasteiger charge is -2.19. The average Bonchev–Trinajstić information content (AvgIpc) is 2.31. The molecule has 1 heterocycles. The van der Waals surface area contributed by atoms with E-state index in [-0.39, 0.29) is 18.4 Å². The second kappa shape index (κ2) is 4.07. The summed E-state index contributed by atoms with van der Waals surface area (Å²) < 4.78 is 4.57. The molecule has 1 aliphatic rings. The number of esters is 1. The fourth-order valence-corrected chi connectivity index (χ4v) is 1.34. The Balaban J connectivity index is 0.00000121. The molecule has 0 aromatic heterocycles. The Hall–Kier alpha value is -0.320. The Bertz CT molecular complexity index is 176. The number of aliphatic hydroxyl groups is 1. The second-order valence-electron chi connectivity index (χ2n) is 3.06. The van der Waals surface area contributed by atoms with Crippen LogP contribution >= 0.6 is 12.4 Å². The number of aliphatic hydroxyl groups excluding tert-OH is 1. The molecule has 4 nitrogen and oxygen atoms in total. The number of nitrogens with one attached hydrogen (secondary N) is 1. The van der Waals surface area contributed by atoms with Crippen LogP contribution in [0, 0.1) is 0 Å². The number of carbonyl (C=O) groups excluding carboxylic acids is 1.